The van der Waals surface area contributed by atoms with Crippen molar-refractivity contribution in [3.63, 3.8) is 0 Å². The van der Waals surface area contributed by atoms with Gasteiger partial charge >= 0.3 is 0 Å². The number of nitrogens with zero attached hydrogens (tertiary/aromatic N) is 2. The van der Waals surface area contributed by atoms with Crippen LogP contribution in [0.5, 0.6) is 11.5 Å². The molecule has 32 heavy (non-hydrogen) atoms. The molecule has 2 aliphatic heterocycles. The second-order valence-corrected chi connectivity index (χ2v) is 8.86. The number of aliphatic imine (C=N–C) groups is 1. The van der Waals surface area contributed by atoms with Gasteiger partial charge in [-0.15, -0.1) is 0 Å². The van der Waals surface area contributed by atoms with Crippen molar-refractivity contribution in [3.8, 4) is 11.5 Å². The third kappa shape index (κ3) is 3.76. The van der Waals surface area contributed by atoms with E-state index in [0.717, 1.165) is 22.5 Å². The van der Waals surface area contributed by atoms with E-state index >= 15 is 0 Å². The van der Waals surface area contributed by atoms with Crippen LogP contribution in [0.1, 0.15) is 16.7 Å². The van der Waals surface area contributed by atoms with Crippen LogP contribution in [-0.2, 0) is 4.79 Å². The number of para-hydroxylation sites is 2. The van der Waals surface area contributed by atoms with E-state index < -0.39 is 0 Å². The molecule has 0 atom stereocenters. The molecule has 0 N–H and O–H groups in total. The maximum absolute atomic E-state index is 13.5. The van der Waals surface area contributed by atoms with E-state index in [1.54, 1.807) is 23.1 Å². The second kappa shape index (κ2) is 8.37. The number of rotatable bonds is 3. The first-order valence-electron chi connectivity index (χ1n) is 10.0. The van der Waals surface area contributed by atoms with Gasteiger partial charge in [0.15, 0.2) is 16.7 Å². The summed E-state index contributed by atoms with van der Waals surface area (Å²) in [6.45, 7) is 4.20. The number of ether oxygens (including phenoxy) is 2. The van der Waals surface area contributed by atoms with Crippen molar-refractivity contribution in [2.45, 2.75) is 13.8 Å². The van der Waals surface area contributed by atoms with E-state index in [0.29, 0.717) is 32.2 Å². The normalized spacial score (nSPS) is 17.6. The summed E-state index contributed by atoms with van der Waals surface area (Å²) in [5.74, 6) is 1.06. The largest absolute Gasteiger partial charge is 0.454 e. The topological polar surface area (TPSA) is 51.1 Å². The van der Waals surface area contributed by atoms with Crippen molar-refractivity contribution in [1.82, 2.24) is 0 Å². The summed E-state index contributed by atoms with van der Waals surface area (Å²) in [5, 5.41) is 1.09. The molecule has 2 aliphatic rings. The van der Waals surface area contributed by atoms with Gasteiger partial charge in [0.25, 0.3) is 5.91 Å². The molecule has 7 heteroatoms. The molecule has 1 saturated heterocycles. The van der Waals surface area contributed by atoms with Crippen LogP contribution in [0.15, 0.2) is 70.6 Å². The predicted octanol–water partition coefficient (Wildman–Crippen LogP) is 6.49. The minimum absolute atomic E-state index is 0.153. The number of thioether (sulfide) groups is 1. The molecule has 0 spiro atoms. The van der Waals surface area contributed by atoms with Crippen LogP contribution in [0.25, 0.3) is 6.08 Å². The molecule has 160 valence electrons. The summed E-state index contributed by atoms with van der Waals surface area (Å²) in [6, 6.07) is 19.1. The zero-order valence-electron chi connectivity index (χ0n) is 17.5. The maximum atomic E-state index is 13.5. The molecule has 0 unspecified atom stereocenters. The number of fused-ring (bicyclic) bond motifs is 1. The van der Waals surface area contributed by atoms with Crippen molar-refractivity contribution in [2.75, 3.05) is 11.7 Å². The summed E-state index contributed by atoms with van der Waals surface area (Å²) >= 11 is 7.78. The van der Waals surface area contributed by atoms with E-state index in [4.69, 9.17) is 26.1 Å². The Balaban J connectivity index is 1.61. The van der Waals surface area contributed by atoms with E-state index in [9.17, 15) is 4.79 Å². The molecule has 0 aromatic heterocycles. The summed E-state index contributed by atoms with van der Waals surface area (Å²) in [6.07, 6.45) is 1.78. The molecule has 0 saturated carbocycles. The van der Waals surface area contributed by atoms with Crippen LogP contribution in [0.3, 0.4) is 0 Å². The fourth-order valence-corrected chi connectivity index (χ4v) is 4.80. The van der Waals surface area contributed by atoms with Gasteiger partial charge in [0, 0.05) is 6.07 Å². The number of aryl methyl sites for hydroxylation is 2. The van der Waals surface area contributed by atoms with Gasteiger partial charge in [-0.2, -0.15) is 0 Å². The minimum Gasteiger partial charge on any atom is -0.454 e. The first-order chi connectivity index (χ1) is 15.5. The molecule has 1 amide bonds. The molecule has 3 aromatic carbocycles. The predicted molar refractivity (Wildman–Crippen MR) is 130 cm³/mol. The molecule has 1 fully saturated rings. The number of anilines is 1. The van der Waals surface area contributed by atoms with Gasteiger partial charge in [-0.05, 0) is 66.6 Å². The number of amidine groups is 1. The summed E-state index contributed by atoms with van der Waals surface area (Å²) in [7, 11) is 0. The van der Waals surface area contributed by atoms with Crippen molar-refractivity contribution in [3.05, 3.63) is 87.3 Å². The molecule has 0 radical (unpaired) electrons. The lowest BCUT2D eigenvalue weighted by molar-refractivity contribution is -0.113. The monoisotopic (exact) mass is 462 g/mol. The molecule has 3 aromatic rings. The molecule has 2 heterocycles. The Morgan fingerprint density at radius 1 is 1.00 bits per heavy atom. The Morgan fingerprint density at radius 2 is 1.69 bits per heavy atom. The minimum atomic E-state index is -0.153. The highest BCUT2D eigenvalue weighted by molar-refractivity contribution is 8.19. The number of hydrogen-bond acceptors (Lipinski definition) is 5. The Morgan fingerprint density at radius 3 is 2.41 bits per heavy atom. The van der Waals surface area contributed by atoms with Gasteiger partial charge in [0.2, 0.25) is 6.79 Å². The number of halogens is 1. The molecule has 0 aliphatic carbocycles. The quantitative estimate of drug-likeness (QED) is 0.417. The Labute approximate surface area is 195 Å². The summed E-state index contributed by atoms with van der Waals surface area (Å²) < 4.78 is 10.8. The van der Waals surface area contributed by atoms with Crippen molar-refractivity contribution >= 4 is 51.9 Å². The highest BCUT2D eigenvalue weighted by Gasteiger charge is 2.35. The van der Waals surface area contributed by atoms with Gasteiger partial charge in [-0.25, -0.2) is 4.99 Å². The van der Waals surface area contributed by atoms with Crippen LogP contribution in [0.4, 0.5) is 11.4 Å². The smallest absolute Gasteiger partial charge is 0.271 e. The number of benzene rings is 3. The SMILES string of the molecule is Cc1cccc(C)c1N=C1S/C(=C\c2cc3c(cc2Cl)OCO3)C(=O)N1c1ccccc1. The third-order valence-corrected chi connectivity index (χ3v) is 6.54. The van der Waals surface area contributed by atoms with Gasteiger partial charge in [-0.1, -0.05) is 48.0 Å². The van der Waals surface area contributed by atoms with Crippen LogP contribution < -0.4 is 14.4 Å². The average Bonchev–Trinajstić information content (AvgIpc) is 3.35. The second-order valence-electron chi connectivity index (χ2n) is 7.45. The average molecular weight is 463 g/mol. The third-order valence-electron chi connectivity index (χ3n) is 5.25. The molecule has 0 bridgehead atoms. The Hall–Kier alpha value is -3.22. The molecular weight excluding hydrogens is 444 g/mol. The van der Waals surface area contributed by atoms with Gasteiger partial charge < -0.3 is 9.47 Å². The molecule has 5 rings (SSSR count). The lowest BCUT2D eigenvalue weighted by atomic mass is 10.1. The zero-order chi connectivity index (χ0) is 22.2. The highest BCUT2D eigenvalue weighted by Crippen LogP contribution is 2.41. The van der Waals surface area contributed by atoms with E-state index in [-0.39, 0.29) is 12.7 Å². The fraction of sp³-hybridized carbons (Fsp3) is 0.120. The highest BCUT2D eigenvalue weighted by atomic mass is 35.5. The van der Waals surface area contributed by atoms with Crippen LogP contribution >= 0.6 is 23.4 Å². The van der Waals surface area contributed by atoms with Crippen LogP contribution in [0.2, 0.25) is 5.02 Å². The van der Waals surface area contributed by atoms with Crippen molar-refractivity contribution < 1.29 is 14.3 Å². The van der Waals surface area contributed by atoms with Gasteiger partial charge in [0.05, 0.1) is 21.3 Å². The summed E-state index contributed by atoms with van der Waals surface area (Å²) in [5.41, 5.74) is 4.42. The lowest BCUT2D eigenvalue weighted by Gasteiger charge is -2.16. The molecular formula is C25H19ClN2O3S. The van der Waals surface area contributed by atoms with E-state index in [2.05, 4.69) is 0 Å². The zero-order valence-corrected chi connectivity index (χ0v) is 19.0. The standard InChI is InChI=1S/C25H19ClN2O3S/c1-15-7-6-8-16(2)23(15)27-25-28(18-9-4-3-5-10-18)24(29)22(32-25)12-17-11-20-21(13-19(17)26)31-14-30-20/h3-13H,14H2,1-2H3/b22-12-,27-25?. The number of carbonyl (C=O) groups excluding carboxylic acids is 1. The van der Waals surface area contributed by atoms with Gasteiger partial charge in [0.1, 0.15) is 0 Å². The Kier molecular flexibility index (Phi) is 5.41. The van der Waals surface area contributed by atoms with Crippen molar-refractivity contribution in [1.29, 1.82) is 0 Å². The number of hydrogen-bond donors (Lipinski definition) is 0. The first-order valence-corrected chi connectivity index (χ1v) is 11.2. The summed E-state index contributed by atoms with van der Waals surface area (Å²) in [4.78, 5) is 20.6. The lowest BCUT2D eigenvalue weighted by Crippen LogP contribution is -2.28. The maximum Gasteiger partial charge on any atom is 0.271 e. The van der Waals surface area contributed by atoms with E-state index in [1.165, 1.54) is 11.8 Å². The molecule has 5 nitrogen and oxygen atoms in total. The first kappa shape index (κ1) is 20.7. The number of amides is 1. The van der Waals surface area contributed by atoms with Crippen molar-refractivity contribution in [2.24, 2.45) is 4.99 Å². The Bertz CT molecular complexity index is 1270. The number of carbonyl (C=O) groups is 1. The van der Waals surface area contributed by atoms with Crippen LogP contribution in [-0.4, -0.2) is 17.9 Å². The van der Waals surface area contributed by atoms with E-state index in [1.807, 2.05) is 62.4 Å². The fourth-order valence-electron chi connectivity index (χ4n) is 3.62. The van der Waals surface area contributed by atoms with Gasteiger partial charge in [-0.3, -0.25) is 9.69 Å². The van der Waals surface area contributed by atoms with Crippen LogP contribution in [0, 0.1) is 13.8 Å².